The molecule has 3 aromatic rings. The van der Waals surface area contributed by atoms with Crippen molar-refractivity contribution in [2.24, 2.45) is 11.8 Å². The molecule has 4 nitrogen and oxygen atoms in total. The molecule has 1 aliphatic carbocycles. The topological polar surface area (TPSA) is 56.2 Å². The molecule has 4 rings (SSSR count). The van der Waals surface area contributed by atoms with Gasteiger partial charge < -0.3 is 5.73 Å². The largest absolute Gasteiger partial charge is 0.382 e. The number of nitrogen functional groups attached to an aromatic ring is 1. The summed E-state index contributed by atoms with van der Waals surface area (Å²) in [4.78, 5) is 8.90. The van der Waals surface area contributed by atoms with E-state index >= 15 is 0 Å². The van der Waals surface area contributed by atoms with Crippen molar-refractivity contribution in [2.75, 3.05) is 5.73 Å². The van der Waals surface area contributed by atoms with Crippen molar-refractivity contribution in [2.45, 2.75) is 52.9 Å². The monoisotopic (exact) mass is 400 g/mol. The van der Waals surface area contributed by atoms with Gasteiger partial charge in [-0.15, -0.1) is 0 Å². The van der Waals surface area contributed by atoms with Gasteiger partial charge in [0.1, 0.15) is 23.0 Å². The Bertz CT molecular complexity index is 1040. The van der Waals surface area contributed by atoms with E-state index in [2.05, 4.69) is 18.8 Å². The lowest BCUT2D eigenvalue weighted by molar-refractivity contribution is 0.582. The molecule has 2 heterocycles. The minimum atomic E-state index is -0.245. The third-order valence-corrected chi connectivity index (χ3v) is 5.78. The zero-order valence-corrected chi connectivity index (χ0v) is 17.4. The van der Waals surface area contributed by atoms with E-state index in [1.165, 1.54) is 12.8 Å². The van der Waals surface area contributed by atoms with Crippen LogP contribution in [0.1, 0.15) is 54.9 Å². The normalized spacial score (nSPS) is 14.4. The lowest BCUT2D eigenvalue weighted by Gasteiger charge is -2.19. The molecular formula is C22H26ClFN4. The van der Waals surface area contributed by atoms with Crippen molar-refractivity contribution in [1.29, 1.82) is 0 Å². The van der Waals surface area contributed by atoms with E-state index in [1.54, 1.807) is 12.3 Å². The number of nitrogens with zero attached hydrogens (tertiary/aromatic N) is 3. The smallest absolute Gasteiger partial charge is 0.149 e. The number of aryl methyl sites for hydroxylation is 1. The SMILES string of the molecule is Cc1nc(Cc2cc(Cl)c(F)c(CC3CC3)c2CC(C)C)n2ccnc(N)c12. The predicted octanol–water partition coefficient (Wildman–Crippen LogP) is 5.15. The molecule has 0 aliphatic heterocycles. The highest BCUT2D eigenvalue weighted by Gasteiger charge is 2.27. The minimum absolute atomic E-state index is 0.205. The van der Waals surface area contributed by atoms with Crippen molar-refractivity contribution in [3.8, 4) is 0 Å². The molecule has 1 aromatic carbocycles. The molecule has 148 valence electrons. The Morgan fingerprint density at radius 2 is 2.07 bits per heavy atom. The van der Waals surface area contributed by atoms with E-state index in [9.17, 15) is 4.39 Å². The number of benzene rings is 1. The Balaban J connectivity index is 1.83. The third kappa shape index (κ3) is 3.60. The van der Waals surface area contributed by atoms with Crippen LogP contribution in [0, 0.1) is 24.6 Å². The number of hydrogen-bond donors (Lipinski definition) is 1. The Kier molecular flexibility index (Phi) is 5.04. The maximum absolute atomic E-state index is 15.0. The van der Waals surface area contributed by atoms with Crippen LogP contribution in [0.2, 0.25) is 5.02 Å². The summed E-state index contributed by atoms with van der Waals surface area (Å²) < 4.78 is 16.9. The van der Waals surface area contributed by atoms with Crippen LogP contribution >= 0.6 is 11.6 Å². The van der Waals surface area contributed by atoms with E-state index in [0.717, 1.165) is 46.6 Å². The molecular weight excluding hydrogens is 375 g/mol. The van der Waals surface area contributed by atoms with Gasteiger partial charge in [0, 0.05) is 18.8 Å². The van der Waals surface area contributed by atoms with Gasteiger partial charge in [0.15, 0.2) is 0 Å². The predicted molar refractivity (Wildman–Crippen MR) is 111 cm³/mol. The average Bonchev–Trinajstić information content (AvgIpc) is 3.39. The molecule has 6 heteroatoms. The van der Waals surface area contributed by atoms with Crippen LogP contribution in [0.25, 0.3) is 5.52 Å². The molecule has 0 saturated heterocycles. The summed E-state index contributed by atoms with van der Waals surface area (Å²) >= 11 is 6.31. The highest BCUT2D eigenvalue weighted by atomic mass is 35.5. The Hall–Kier alpha value is -2.14. The molecule has 2 N–H and O–H groups in total. The molecule has 0 bridgehead atoms. The number of aromatic nitrogens is 3. The first kappa shape index (κ1) is 19.2. The van der Waals surface area contributed by atoms with Crippen molar-refractivity contribution >= 4 is 22.9 Å². The van der Waals surface area contributed by atoms with Crippen molar-refractivity contribution in [3.63, 3.8) is 0 Å². The van der Waals surface area contributed by atoms with Gasteiger partial charge in [0.2, 0.25) is 0 Å². The summed E-state index contributed by atoms with van der Waals surface area (Å²) in [5.74, 6) is 2.10. The molecule has 28 heavy (non-hydrogen) atoms. The van der Waals surface area contributed by atoms with Crippen LogP contribution in [-0.4, -0.2) is 14.4 Å². The Labute approximate surface area is 169 Å². The molecule has 0 amide bonds. The maximum Gasteiger partial charge on any atom is 0.149 e. The molecule has 1 fully saturated rings. The second kappa shape index (κ2) is 7.36. The van der Waals surface area contributed by atoms with Crippen molar-refractivity contribution < 1.29 is 4.39 Å². The fourth-order valence-corrected chi connectivity index (χ4v) is 4.27. The summed E-state index contributed by atoms with van der Waals surface area (Å²) in [7, 11) is 0. The van der Waals surface area contributed by atoms with E-state index in [1.807, 2.05) is 17.5 Å². The number of nitrogens with two attached hydrogens (primary N) is 1. The van der Waals surface area contributed by atoms with E-state index in [0.29, 0.717) is 24.1 Å². The molecule has 0 spiro atoms. The first-order valence-corrected chi connectivity index (χ1v) is 10.3. The van der Waals surface area contributed by atoms with E-state index < -0.39 is 0 Å². The van der Waals surface area contributed by atoms with Gasteiger partial charge in [-0.25, -0.2) is 14.4 Å². The highest BCUT2D eigenvalue weighted by molar-refractivity contribution is 6.30. The zero-order valence-electron chi connectivity index (χ0n) is 16.6. The summed E-state index contributed by atoms with van der Waals surface area (Å²) in [5.41, 5.74) is 10.7. The molecule has 0 atom stereocenters. The fourth-order valence-electron chi connectivity index (χ4n) is 4.03. The van der Waals surface area contributed by atoms with Crippen LogP contribution in [0.15, 0.2) is 18.5 Å². The molecule has 0 radical (unpaired) electrons. The number of imidazole rings is 1. The number of hydrogen-bond acceptors (Lipinski definition) is 3. The second-order valence-electron chi connectivity index (χ2n) is 8.36. The van der Waals surface area contributed by atoms with Crippen LogP contribution in [0.3, 0.4) is 0 Å². The quantitative estimate of drug-likeness (QED) is 0.622. The van der Waals surface area contributed by atoms with Crippen LogP contribution in [0.4, 0.5) is 10.2 Å². The van der Waals surface area contributed by atoms with Crippen LogP contribution in [0.5, 0.6) is 0 Å². The number of fused-ring (bicyclic) bond motifs is 1. The van der Waals surface area contributed by atoms with E-state index in [4.69, 9.17) is 22.3 Å². The first-order valence-electron chi connectivity index (χ1n) is 9.91. The van der Waals surface area contributed by atoms with Gasteiger partial charge in [-0.1, -0.05) is 25.4 Å². The van der Waals surface area contributed by atoms with Crippen LogP contribution < -0.4 is 5.73 Å². The van der Waals surface area contributed by atoms with Gasteiger partial charge >= 0.3 is 0 Å². The average molecular weight is 401 g/mol. The maximum atomic E-state index is 15.0. The lowest BCUT2D eigenvalue weighted by atomic mass is 9.89. The molecule has 1 aliphatic rings. The molecule has 1 saturated carbocycles. The zero-order chi connectivity index (χ0) is 20.0. The Morgan fingerprint density at radius 3 is 2.75 bits per heavy atom. The van der Waals surface area contributed by atoms with E-state index in [-0.39, 0.29) is 10.8 Å². The lowest BCUT2D eigenvalue weighted by Crippen LogP contribution is -2.10. The van der Waals surface area contributed by atoms with Gasteiger partial charge in [-0.2, -0.15) is 0 Å². The first-order chi connectivity index (χ1) is 13.3. The van der Waals surface area contributed by atoms with Crippen molar-refractivity contribution in [3.05, 3.63) is 57.5 Å². The van der Waals surface area contributed by atoms with Crippen molar-refractivity contribution in [1.82, 2.24) is 14.4 Å². The summed E-state index contributed by atoms with van der Waals surface area (Å²) in [5, 5.41) is 0.205. The van der Waals surface area contributed by atoms with Gasteiger partial charge in [0.25, 0.3) is 0 Å². The minimum Gasteiger partial charge on any atom is -0.382 e. The number of halogens is 2. The number of rotatable bonds is 6. The standard InChI is InChI=1S/C22H26ClFN4/c1-12(2)8-16-15(10-18(23)20(24)17(16)9-14-4-5-14)11-19-27-13(3)21-22(25)26-6-7-28(19)21/h6-7,10,12,14H,4-5,8-9,11H2,1-3H3,(H2,25,26). The highest BCUT2D eigenvalue weighted by Crippen LogP contribution is 2.38. The summed E-state index contributed by atoms with van der Waals surface area (Å²) in [6.07, 6.45) is 8.10. The van der Waals surface area contributed by atoms with Gasteiger partial charge in [-0.05, 0) is 67.2 Å². The fraction of sp³-hybridized carbons (Fsp3) is 0.455. The molecule has 2 aromatic heterocycles. The summed E-state index contributed by atoms with van der Waals surface area (Å²) in [6, 6.07) is 1.78. The summed E-state index contributed by atoms with van der Waals surface area (Å²) in [6.45, 7) is 6.26. The van der Waals surface area contributed by atoms with Crippen LogP contribution in [-0.2, 0) is 19.3 Å². The second-order valence-corrected chi connectivity index (χ2v) is 8.76. The Morgan fingerprint density at radius 1 is 1.32 bits per heavy atom. The third-order valence-electron chi connectivity index (χ3n) is 5.51. The van der Waals surface area contributed by atoms with Gasteiger partial charge in [-0.3, -0.25) is 4.40 Å². The molecule has 0 unspecified atom stereocenters. The van der Waals surface area contributed by atoms with Gasteiger partial charge in [0.05, 0.1) is 10.7 Å². The number of anilines is 1.